The van der Waals surface area contributed by atoms with E-state index in [9.17, 15) is 22.4 Å². The Kier molecular flexibility index (Phi) is 6.33. The highest BCUT2D eigenvalue weighted by Gasteiger charge is 2.32. The van der Waals surface area contributed by atoms with Crippen molar-refractivity contribution < 1.29 is 31.6 Å². The summed E-state index contributed by atoms with van der Waals surface area (Å²) < 4.78 is 49.6. The van der Waals surface area contributed by atoms with Crippen LogP contribution in [0.5, 0.6) is 0 Å². The zero-order valence-corrected chi connectivity index (χ0v) is 16.7. The Morgan fingerprint density at radius 1 is 1.07 bits per heavy atom. The van der Waals surface area contributed by atoms with Gasteiger partial charge in [0.1, 0.15) is 5.82 Å². The smallest absolute Gasteiger partial charge is 0.374 e. The van der Waals surface area contributed by atoms with Crippen molar-refractivity contribution in [3.63, 3.8) is 0 Å². The normalized spacial score (nSPS) is 15.3. The van der Waals surface area contributed by atoms with Gasteiger partial charge in [0.2, 0.25) is 16.8 Å². The zero-order valence-electron chi connectivity index (χ0n) is 15.8. The molecule has 8 nitrogen and oxygen atoms in total. The second-order valence-corrected chi connectivity index (χ2v) is 8.30. The number of piperazine rings is 1. The molecule has 1 saturated heterocycles. The van der Waals surface area contributed by atoms with E-state index in [2.05, 4.69) is 0 Å². The van der Waals surface area contributed by atoms with Crippen molar-refractivity contribution >= 4 is 21.9 Å². The fourth-order valence-corrected chi connectivity index (χ4v) is 4.30. The second-order valence-electron chi connectivity index (χ2n) is 6.43. The van der Waals surface area contributed by atoms with Crippen LogP contribution in [0, 0.1) is 5.82 Å². The van der Waals surface area contributed by atoms with Gasteiger partial charge in [-0.25, -0.2) is 17.6 Å². The molecule has 1 amide bonds. The van der Waals surface area contributed by atoms with E-state index in [0.717, 1.165) is 0 Å². The number of benzene rings is 1. The molecule has 1 fully saturated rings. The highest BCUT2D eigenvalue weighted by molar-refractivity contribution is 7.89. The molecule has 156 valence electrons. The Balaban J connectivity index is 1.60. The van der Waals surface area contributed by atoms with Gasteiger partial charge in [0.15, 0.2) is 0 Å². The minimum atomic E-state index is -3.92. The highest BCUT2D eigenvalue weighted by atomic mass is 32.2. The van der Waals surface area contributed by atoms with Gasteiger partial charge in [-0.3, -0.25) is 4.79 Å². The lowest BCUT2D eigenvalue weighted by molar-refractivity contribution is -0.131. The van der Waals surface area contributed by atoms with Gasteiger partial charge in [-0.05, 0) is 36.8 Å². The maximum absolute atomic E-state index is 13.0. The minimum Gasteiger partial charge on any atom is -0.460 e. The minimum absolute atomic E-state index is 0.104. The third kappa shape index (κ3) is 4.83. The Bertz CT molecular complexity index is 978. The molecule has 2 heterocycles. The summed E-state index contributed by atoms with van der Waals surface area (Å²) in [4.78, 5) is 25.6. The number of carbonyl (C=O) groups is 2. The molecule has 0 bridgehead atoms. The number of nitrogens with zero attached hydrogens (tertiary/aromatic N) is 2. The molecule has 29 heavy (non-hydrogen) atoms. The summed E-state index contributed by atoms with van der Waals surface area (Å²) in [6.45, 7) is 2.44. The molecule has 1 aliphatic heterocycles. The molecule has 0 radical (unpaired) electrons. The molecule has 1 aromatic carbocycles. The largest absolute Gasteiger partial charge is 0.460 e. The van der Waals surface area contributed by atoms with Gasteiger partial charge < -0.3 is 14.1 Å². The summed E-state index contributed by atoms with van der Waals surface area (Å²) in [5, 5.41) is -0.341. The van der Waals surface area contributed by atoms with E-state index in [1.807, 2.05) is 0 Å². The molecule has 0 unspecified atom stereocenters. The van der Waals surface area contributed by atoms with Gasteiger partial charge in [0.05, 0.1) is 13.0 Å². The van der Waals surface area contributed by atoms with Gasteiger partial charge in [-0.2, -0.15) is 4.31 Å². The lowest BCUT2D eigenvalue weighted by atomic mass is 10.1. The predicted octanol–water partition coefficient (Wildman–Crippen LogP) is 1.67. The van der Waals surface area contributed by atoms with Crippen LogP contribution < -0.4 is 0 Å². The number of carbonyl (C=O) groups excluding carboxylic acids is 2. The van der Waals surface area contributed by atoms with Gasteiger partial charge >= 0.3 is 5.97 Å². The molecule has 3 rings (SSSR count). The number of amides is 1. The van der Waals surface area contributed by atoms with Crippen molar-refractivity contribution in [2.45, 2.75) is 18.4 Å². The summed E-state index contributed by atoms with van der Waals surface area (Å²) in [6.07, 6.45) is 0.119. The van der Waals surface area contributed by atoms with Gasteiger partial charge in [-0.1, -0.05) is 12.1 Å². The molecule has 1 aliphatic rings. The van der Waals surface area contributed by atoms with E-state index in [-0.39, 0.29) is 61.8 Å². The number of esters is 1. The number of halogens is 1. The summed E-state index contributed by atoms with van der Waals surface area (Å²) in [5.74, 6) is -1.44. The van der Waals surface area contributed by atoms with Crippen LogP contribution in [0.15, 0.2) is 45.9 Å². The zero-order chi connectivity index (χ0) is 21.0. The Hall–Kier alpha value is -2.72. The van der Waals surface area contributed by atoms with E-state index < -0.39 is 16.0 Å². The number of furan rings is 1. The molecule has 10 heteroatoms. The summed E-state index contributed by atoms with van der Waals surface area (Å²) in [6, 6.07) is 8.15. The Labute approximate surface area is 167 Å². The van der Waals surface area contributed by atoms with Crippen molar-refractivity contribution in [2.24, 2.45) is 0 Å². The number of hydrogen-bond donors (Lipinski definition) is 0. The SMILES string of the molecule is CCOC(=O)c1ccc(S(=O)(=O)N2CCN(C(=O)Cc3ccc(F)cc3)CC2)o1. The van der Waals surface area contributed by atoms with E-state index in [4.69, 9.17) is 9.15 Å². The van der Waals surface area contributed by atoms with E-state index in [1.54, 1.807) is 24.0 Å². The predicted molar refractivity (Wildman–Crippen MR) is 100 cm³/mol. The number of rotatable bonds is 6. The summed E-state index contributed by atoms with van der Waals surface area (Å²) in [5.41, 5.74) is 0.688. The molecule has 0 saturated carbocycles. The van der Waals surface area contributed by atoms with Crippen LogP contribution >= 0.6 is 0 Å². The third-order valence-electron chi connectivity index (χ3n) is 4.51. The first-order valence-electron chi connectivity index (χ1n) is 9.10. The number of sulfonamides is 1. The highest BCUT2D eigenvalue weighted by Crippen LogP contribution is 2.21. The van der Waals surface area contributed by atoms with Crippen molar-refractivity contribution in [3.8, 4) is 0 Å². The van der Waals surface area contributed by atoms with Crippen LogP contribution in [0.25, 0.3) is 0 Å². The molecule has 1 aromatic heterocycles. The van der Waals surface area contributed by atoms with Crippen molar-refractivity contribution in [2.75, 3.05) is 32.8 Å². The van der Waals surface area contributed by atoms with Crippen LogP contribution in [0.2, 0.25) is 0 Å². The van der Waals surface area contributed by atoms with Gasteiger partial charge in [-0.15, -0.1) is 0 Å². The van der Waals surface area contributed by atoms with Crippen LogP contribution in [0.3, 0.4) is 0 Å². The van der Waals surface area contributed by atoms with Crippen LogP contribution in [-0.2, 0) is 26.0 Å². The number of ether oxygens (including phenoxy) is 1. The lowest BCUT2D eigenvalue weighted by Gasteiger charge is -2.33. The van der Waals surface area contributed by atoms with Gasteiger partial charge in [0, 0.05) is 26.2 Å². The summed E-state index contributed by atoms with van der Waals surface area (Å²) >= 11 is 0. The second kappa shape index (κ2) is 8.75. The maximum atomic E-state index is 13.0. The van der Waals surface area contributed by atoms with Crippen LogP contribution in [-0.4, -0.2) is 62.3 Å². The molecular weight excluding hydrogens is 403 g/mol. The van der Waals surface area contributed by atoms with Crippen molar-refractivity contribution in [1.29, 1.82) is 0 Å². The first kappa shape index (κ1) is 21.0. The topological polar surface area (TPSA) is 97.1 Å². The van der Waals surface area contributed by atoms with Crippen LogP contribution in [0.1, 0.15) is 23.0 Å². The van der Waals surface area contributed by atoms with Crippen molar-refractivity contribution in [1.82, 2.24) is 9.21 Å². The average Bonchev–Trinajstić information content (AvgIpc) is 3.21. The third-order valence-corrected chi connectivity index (χ3v) is 6.28. The fraction of sp³-hybridized carbons (Fsp3) is 0.368. The molecule has 0 spiro atoms. The lowest BCUT2D eigenvalue weighted by Crippen LogP contribution is -2.50. The molecule has 0 aliphatic carbocycles. The molecule has 0 atom stereocenters. The van der Waals surface area contributed by atoms with E-state index in [1.165, 1.54) is 28.6 Å². The quantitative estimate of drug-likeness (QED) is 0.655. The van der Waals surface area contributed by atoms with Gasteiger partial charge in [0.25, 0.3) is 10.0 Å². The monoisotopic (exact) mass is 424 g/mol. The molecule has 0 N–H and O–H groups in total. The van der Waals surface area contributed by atoms with Crippen molar-refractivity contribution in [3.05, 3.63) is 53.5 Å². The first-order chi connectivity index (χ1) is 13.8. The van der Waals surface area contributed by atoms with E-state index >= 15 is 0 Å². The van der Waals surface area contributed by atoms with E-state index in [0.29, 0.717) is 5.56 Å². The van der Waals surface area contributed by atoms with Crippen LogP contribution in [0.4, 0.5) is 4.39 Å². The standard InChI is InChI=1S/C19H21FN2O6S/c1-2-27-19(24)16-7-8-18(28-16)29(25,26)22-11-9-21(10-12-22)17(23)13-14-3-5-15(20)6-4-14/h3-8H,2,9-13H2,1H3. The molecular formula is C19H21FN2O6S. The summed E-state index contributed by atoms with van der Waals surface area (Å²) in [7, 11) is -3.92. The Morgan fingerprint density at radius 3 is 2.34 bits per heavy atom. The average molecular weight is 424 g/mol. The number of hydrogen-bond acceptors (Lipinski definition) is 6. The molecule has 2 aromatic rings. The first-order valence-corrected chi connectivity index (χ1v) is 10.5. The fourth-order valence-electron chi connectivity index (χ4n) is 2.96. The Morgan fingerprint density at radius 2 is 1.72 bits per heavy atom. The maximum Gasteiger partial charge on any atom is 0.374 e.